The molecule has 30 heavy (non-hydrogen) atoms. The van der Waals surface area contributed by atoms with Gasteiger partial charge in [-0.15, -0.1) is 0 Å². The number of aromatic nitrogens is 1. The zero-order valence-corrected chi connectivity index (χ0v) is 17.5. The first-order valence-electron chi connectivity index (χ1n) is 9.06. The van der Waals surface area contributed by atoms with E-state index in [-0.39, 0.29) is 17.9 Å². The van der Waals surface area contributed by atoms with Gasteiger partial charge in [-0.2, -0.15) is 0 Å². The number of ether oxygens (including phenoxy) is 1. The average molecular weight is 469 g/mol. The number of hydrogen-bond acceptors (Lipinski definition) is 6. The molecule has 1 atom stereocenters. The molecule has 0 saturated carbocycles. The van der Waals surface area contributed by atoms with Gasteiger partial charge in [0.05, 0.1) is 23.4 Å². The summed E-state index contributed by atoms with van der Waals surface area (Å²) in [6, 6.07) is 10.9. The SMILES string of the molecule is COc1ccc(/C(O)=C2/C(=O)C(=O)N(Cc3cccnc3)C2c2ccco2)cc1Br. The lowest BCUT2D eigenvalue weighted by atomic mass is 9.99. The minimum Gasteiger partial charge on any atom is -0.507 e. The number of aliphatic hydroxyl groups excluding tert-OH is 1. The van der Waals surface area contributed by atoms with Crippen LogP contribution in [0.4, 0.5) is 0 Å². The fraction of sp³-hybridized carbons (Fsp3) is 0.136. The Kier molecular flexibility index (Phi) is 5.41. The monoisotopic (exact) mass is 468 g/mol. The zero-order valence-electron chi connectivity index (χ0n) is 15.9. The molecule has 0 radical (unpaired) electrons. The highest BCUT2D eigenvalue weighted by molar-refractivity contribution is 9.10. The Balaban J connectivity index is 1.83. The molecular formula is C22H17BrN2O5. The molecule has 3 aromatic rings. The molecule has 1 aliphatic heterocycles. The summed E-state index contributed by atoms with van der Waals surface area (Å²) in [6.45, 7) is 0.146. The standard InChI is InChI=1S/C22H17BrN2O5/c1-29-16-7-6-14(10-15(16)23)20(26)18-19(17-5-3-9-30-17)25(22(28)21(18)27)12-13-4-2-8-24-11-13/h2-11,19,26H,12H2,1H3/b20-18-. The van der Waals surface area contributed by atoms with Crippen LogP contribution in [-0.2, 0) is 16.1 Å². The Hall–Kier alpha value is -3.39. The summed E-state index contributed by atoms with van der Waals surface area (Å²) in [5.74, 6) is -0.815. The minimum absolute atomic E-state index is 0.0316. The minimum atomic E-state index is -0.860. The molecule has 1 unspecified atom stereocenters. The number of likely N-dealkylation sites (tertiary alicyclic amines) is 1. The number of hydrogen-bond donors (Lipinski definition) is 1. The lowest BCUT2D eigenvalue weighted by molar-refractivity contribution is -0.140. The molecule has 1 saturated heterocycles. The molecule has 0 aliphatic carbocycles. The number of nitrogens with zero attached hydrogens (tertiary/aromatic N) is 2. The molecule has 1 aromatic carbocycles. The molecule has 152 valence electrons. The van der Waals surface area contributed by atoms with Crippen molar-refractivity contribution in [1.29, 1.82) is 0 Å². The van der Waals surface area contributed by atoms with Gasteiger partial charge in [0.1, 0.15) is 23.3 Å². The first-order valence-corrected chi connectivity index (χ1v) is 9.85. The number of benzene rings is 1. The lowest BCUT2D eigenvalue weighted by Gasteiger charge is -2.23. The number of halogens is 1. The fourth-order valence-corrected chi connectivity index (χ4v) is 3.98. The highest BCUT2D eigenvalue weighted by Gasteiger charge is 2.47. The second kappa shape index (κ2) is 8.16. The number of pyridine rings is 1. The fourth-order valence-electron chi connectivity index (χ4n) is 3.44. The van der Waals surface area contributed by atoms with E-state index in [1.54, 1.807) is 48.8 Å². The van der Waals surface area contributed by atoms with E-state index in [1.807, 2.05) is 6.07 Å². The van der Waals surface area contributed by atoms with Crippen molar-refractivity contribution in [3.8, 4) is 5.75 Å². The van der Waals surface area contributed by atoms with E-state index in [1.165, 1.54) is 18.3 Å². The predicted molar refractivity (Wildman–Crippen MR) is 111 cm³/mol. The van der Waals surface area contributed by atoms with Crippen molar-refractivity contribution in [3.63, 3.8) is 0 Å². The van der Waals surface area contributed by atoms with Crippen LogP contribution >= 0.6 is 15.9 Å². The summed E-state index contributed by atoms with van der Waals surface area (Å²) < 4.78 is 11.3. The number of methoxy groups -OCH3 is 1. The Morgan fingerprint density at radius 3 is 2.73 bits per heavy atom. The molecule has 2 aromatic heterocycles. The van der Waals surface area contributed by atoms with E-state index in [0.717, 1.165) is 5.56 Å². The molecule has 1 N–H and O–H groups in total. The summed E-state index contributed by atoms with van der Waals surface area (Å²) in [5, 5.41) is 11.0. The maximum absolute atomic E-state index is 12.9. The summed E-state index contributed by atoms with van der Waals surface area (Å²) >= 11 is 3.37. The van der Waals surface area contributed by atoms with Crippen LogP contribution in [0.5, 0.6) is 5.75 Å². The molecule has 7 nitrogen and oxygen atoms in total. The molecule has 3 heterocycles. The number of Topliss-reactive ketones (excluding diaryl/α,β-unsaturated/α-hetero) is 1. The predicted octanol–water partition coefficient (Wildman–Crippen LogP) is 4.07. The number of amides is 1. The normalized spacial score (nSPS) is 18.1. The topological polar surface area (TPSA) is 92.9 Å². The number of aliphatic hydroxyl groups is 1. The van der Waals surface area contributed by atoms with Crippen LogP contribution in [0.2, 0.25) is 0 Å². The van der Waals surface area contributed by atoms with Crippen LogP contribution in [0.25, 0.3) is 5.76 Å². The Morgan fingerprint density at radius 2 is 2.10 bits per heavy atom. The van der Waals surface area contributed by atoms with Gasteiger partial charge >= 0.3 is 0 Å². The van der Waals surface area contributed by atoms with Crippen molar-refractivity contribution < 1.29 is 23.8 Å². The van der Waals surface area contributed by atoms with Gasteiger partial charge in [0, 0.05) is 24.5 Å². The number of rotatable bonds is 5. The van der Waals surface area contributed by atoms with Gasteiger partial charge in [-0.1, -0.05) is 6.07 Å². The molecular weight excluding hydrogens is 452 g/mol. The number of carbonyl (C=O) groups is 2. The van der Waals surface area contributed by atoms with Crippen molar-refractivity contribution in [3.05, 3.63) is 88.1 Å². The van der Waals surface area contributed by atoms with E-state index >= 15 is 0 Å². The van der Waals surface area contributed by atoms with E-state index in [4.69, 9.17) is 9.15 Å². The molecule has 0 bridgehead atoms. The van der Waals surface area contributed by atoms with E-state index in [0.29, 0.717) is 21.5 Å². The van der Waals surface area contributed by atoms with Crippen LogP contribution in [-0.4, -0.2) is 33.8 Å². The number of furan rings is 1. The van der Waals surface area contributed by atoms with Crippen molar-refractivity contribution in [2.75, 3.05) is 7.11 Å². The van der Waals surface area contributed by atoms with Gasteiger partial charge in [0.2, 0.25) is 0 Å². The van der Waals surface area contributed by atoms with Crippen molar-refractivity contribution >= 4 is 33.4 Å². The van der Waals surface area contributed by atoms with Gasteiger partial charge in [0.25, 0.3) is 11.7 Å². The Bertz CT molecular complexity index is 1130. The summed E-state index contributed by atoms with van der Waals surface area (Å²) in [4.78, 5) is 31.2. The van der Waals surface area contributed by atoms with Crippen molar-refractivity contribution in [2.24, 2.45) is 0 Å². The van der Waals surface area contributed by atoms with Crippen LogP contribution < -0.4 is 4.74 Å². The quantitative estimate of drug-likeness (QED) is 0.344. The summed E-state index contributed by atoms with van der Waals surface area (Å²) in [5.41, 5.74) is 1.10. The van der Waals surface area contributed by atoms with Crippen LogP contribution in [0.15, 0.2) is 75.6 Å². The number of ketones is 1. The largest absolute Gasteiger partial charge is 0.507 e. The van der Waals surface area contributed by atoms with Crippen molar-refractivity contribution in [2.45, 2.75) is 12.6 Å². The Labute approximate surface area is 180 Å². The Morgan fingerprint density at radius 1 is 1.27 bits per heavy atom. The van der Waals surface area contributed by atoms with Gasteiger partial charge in [-0.05, 0) is 57.9 Å². The van der Waals surface area contributed by atoms with Gasteiger partial charge in [0.15, 0.2) is 0 Å². The smallest absolute Gasteiger partial charge is 0.296 e. The summed E-state index contributed by atoms with van der Waals surface area (Å²) in [6.07, 6.45) is 4.71. The van der Waals surface area contributed by atoms with Crippen LogP contribution in [0.1, 0.15) is 22.9 Å². The highest BCUT2D eigenvalue weighted by Crippen LogP contribution is 2.41. The maximum Gasteiger partial charge on any atom is 0.296 e. The average Bonchev–Trinajstić information content (AvgIpc) is 3.37. The van der Waals surface area contributed by atoms with E-state index < -0.39 is 17.7 Å². The third kappa shape index (κ3) is 3.50. The first-order chi connectivity index (χ1) is 14.5. The van der Waals surface area contributed by atoms with E-state index in [9.17, 15) is 14.7 Å². The third-order valence-electron chi connectivity index (χ3n) is 4.85. The number of carbonyl (C=O) groups excluding carboxylic acids is 2. The second-order valence-corrected chi connectivity index (χ2v) is 7.51. The molecule has 1 aliphatic rings. The van der Waals surface area contributed by atoms with Crippen LogP contribution in [0.3, 0.4) is 0 Å². The highest BCUT2D eigenvalue weighted by atomic mass is 79.9. The molecule has 4 rings (SSSR count). The molecule has 8 heteroatoms. The molecule has 1 fully saturated rings. The lowest BCUT2D eigenvalue weighted by Crippen LogP contribution is -2.29. The van der Waals surface area contributed by atoms with Gasteiger partial charge < -0.3 is 19.2 Å². The summed E-state index contributed by atoms with van der Waals surface area (Å²) in [7, 11) is 1.53. The van der Waals surface area contributed by atoms with E-state index in [2.05, 4.69) is 20.9 Å². The van der Waals surface area contributed by atoms with Gasteiger partial charge in [-0.25, -0.2) is 0 Å². The zero-order chi connectivity index (χ0) is 21.3. The first kappa shape index (κ1) is 19.9. The van der Waals surface area contributed by atoms with Crippen LogP contribution in [0, 0.1) is 0 Å². The van der Waals surface area contributed by atoms with Gasteiger partial charge in [-0.3, -0.25) is 14.6 Å². The second-order valence-electron chi connectivity index (χ2n) is 6.65. The molecule has 1 amide bonds. The maximum atomic E-state index is 12.9. The van der Waals surface area contributed by atoms with Crippen molar-refractivity contribution in [1.82, 2.24) is 9.88 Å². The third-order valence-corrected chi connectivity index (χ3v) is 5.47. The molecule has 0 spiro atoms.